The van der Waals surface area contributed by atoms with E-state index in [0.29, 0.717) is 19.0 Å². The van der Waals surface area contributed by atoms with E-state index in [-0.39, 0.29) is 30.3 Å². The summed E-state index contributed by atoms with van der Waals surface area (Å²) in [5.74, 6) is 0.248. The molecule has 2 atom stereocenters. The van der Waals surface area contributed by atoms with Crippen LogP contribution in [0.3, 0.4) is 0 Å². The van der Waals surface area contributed by atoms with Crippen LogP contribution < -0.4 is 10.1 Å². The lowest BCUT2D eigenvalue weighted by Gasteiger charge is -2.19. The Morgan fingerprint density at radius 2 is 2.24 bits per heavy atom. The summed E-state index contributed by atoms with van der Waals surface area (Å²) in [5.41, 5.74) is 0.844. The largest absolute Gasteiger partial charge is 0.482 e. The number of rotatable bonds is 6. The van der Waals surface area contributed by atoms with Crippen molar-refractivity contribution in [2.24, 2.45) is 7.05 Å². The summed E-state index contributed by atoms with van der Waals surface area (Å²) in [6.07, 6.45) is 6.91. The van der Waals surface area contributed by atoms with Crippen LogP contribution in [0, 0.1) is 5.82 Å². The van der Waals surface area contributed by atoms with Crippen LogP contribution in [0.4, 0.5) is 4.39 Å². The summed E-state index contributed by atoms with van der Waals surface area (Å²) in [7, 11) is 1.81. The zero-order chi connectivity index (χ0) is 17.6. The first-order chi connectivity index (χ1) is 12.1. The summed E-state index contributed by atoms with van der Waals surface area (Å²) >= 11 is 0. The lowest BCUT2D eigenvalue weighted by Crippen LogP contribution is -2.44. The number of nitrogens with zero attached hydrogens (tertiary/aromatic N) is 2. The zero-order valence-corrected chi connectivity index (χ0v) is 13.9. The van der Waals surface area contributed by atoms with E-state index in [0.717, 1.165) is 5.56 Å². The van der Waals surface area contributed by atoms with Crippen LogP contribution in [0.15, 0.2) is 42.7 Å². The van der Waals surface area contributed by atoms with Crippen molar-refractivity contribution in [2.45, 2.75) is 18.6 Å². The minimum absolute atomic E-state index is 0.117. The summed E-state index contributed by atoms with van der Waals surface area (Å²) in [5, 5.41) is 6.97. The van der Waals surface area contributed by atoms with E-state index in [4.69, 9.17) is 9.47 Å². The van der Waals surface area contributed by atoms with Gasteiger partial charge in [-0.05, 0) is 17.7 Å². The molecular formula is C18H20FN3O3. The van der Waals surface area contributed by atoms with Gasteiger partial charge < -0.3 is 14.8 Å². The highest BCUT2D eigenvalue weighted by atomic mass is 19.1. The SMILES string of the molecule is Cn1cc(O[C@@H]2COC[C@@H]2NC(=O)C/C=C/c2ccc(F)cc2)cn1. The molecule has 1 fully saturated rings. The van der Waals surface area contributed by atoms with Gasteiger partial charge in [-0.25, -0.2) is 4.39 Å². The van der Waals surface area contributed by atoms with Crippen molar-refractivity contribution in [1.82, 2.24) is 15.1 Å². The second-order valence-corrected chi connectivity index (χ2v) is 5.88. The van der Waals surface area contributed by atoms with Crippen LogP contribution in [-0.2, 0) is 16.6 Å². The number of aryl methyl sites for hydroxylation is 1. The summed E-state index contributed by atoms with van der Waals surface area (Å²) in [4.78, 5) is 12.1. The number of nitrogens with one attached hydrogen (secondary N) is 1. The lowest BCUT2D eigenvalue weighted by molar-refractivity contribution is -0.121. The molecule has 2 heterocycles. The molecule has 6 nitrogen and oxygen atoms in total. The summed E-state index contributed by atoms with van der Waals surface area (Å²) in [6, 6.07) is 5.89. The Bertz CT molecular complexity index is 742. The molecule has 0 spiro atoms. The molecule has 1 aromatic carbocycles. The van der Waals surface area contributed by atoms with E-state index < -0.39 is 0 Å². The van der Waals surface area contributed by atoms with E-state index in [1.165, 1.54) is 12.1 Å². The van der Waals surface area contributed by atoms with Gasteiger partial charge in [-0.15, -0.1) is 0 Å². The molecule has 1 amide bonds. The van der Waals surface area contributed by atoms with Crippen molar-refractivity contribution in [3.05, 3.63) is 54.1 Å². The number of hydrogen-bond acceptors (Lipinski definition) is 4. The molecule has 0 unspecified atom stereocenters. The minimum Gasteiger partial charge on any atom is -0.482 e. The van der Waals surface area contributed by atoms with Crippen LogP contribution in [0.2, 0.25) is 0 Å². The quantitative estimate of drug-likeness (QED) is 0.869. The number of carbonyl (C=O) groups is 1. The normalized spacial score (nSPS) is 20.1. The Hall–Kier alpha value is -2.67. The van der Waals surface area contributed by atoms with E-state index in [2.05, 4.69) is 10.4 Å². The first-order valence-corrected chi connectivity index (χ1v) is 8.04. The van der Waals surface area contributed by atoms with Crippen molar-refractivity contribution in [1.29, 1.82) is 0 Å². The van der Waals surface area contributed by atoms with Gasteiger partial charge in [0.05, 0.1) is 31.6 Å². The maximum absolute atomic E-state index is 12.8. The molecule has 0 saturated carbocycles. The van der Waals surface area contributed by atoms with Gasteiger partial charge in [-0.1, -0.05) is 24.3 Å². The van der Waals surface area contributed by atoms with E-state index in [1.807, 2.05) is 7.05 Å². The number of amides is 1. The molecule has 0 bridgehead atoms. The molecule has 1 aliphatic rings. The highest BCUT2D eigenvalue weighted by Crippen LogP contribution is 2.16. The van der Waals surface area contributed by atoms with Crippen LogP contribution >= 0.6 is 0 Å². The molecular weight excluding hydrogens is 325 g/mol. The standard InChI is InChI=1S/C18H20FN3O3/c1-22-10-15(9-20-22)25-17-12-24-11-16(17)21-18(23)4-2-3-13-5-7-14(19)8-6-13/h2-3,5-10,16-17H,4,11-12H2,1H3,(H,21,23)/b3-2+/t16-,17+/m0/s1. The third kappa shape index (κ3) is 4.90. The Morgan fingerprint density at radius 1 is 1.44 bits per heavy atom. The summed E-state index contributed by atoms with van der Waals surface area (Å²) < 4.78 is 25.7. The van der Waals surface area contributed by atoms with Crippen LogP contribution in [0.1, 0.15) is 12.0 Å². The van der Waals surface area contributed by atoms with Gasteiger partial charge in [0.15, 0.2) is 5.75 Å². The van der Waals surface area contributed by atoms with Gasteiger partial charge in [0, 0.05) is 13.5 Å². The maximum Gasteiger partial charge on any atom is 0.224 e. The number of benzene rings is 1. The van der Waals surface area contributed by atoms with Crippen molar-refractivity contribution in [3.63, 3.8) is 0 Å². The van der Waals surface area contributed by atoms with Gasteiger partial charge in [0.1, 0.15) is 11.9 Å². The van der Waals surface area contributed by atoms with E-state index in [1.54, 1.807) is 41.4 Å². The molecule has 132 valence electrons. The maximum atomic E-state index is 12.8. The average Bonchev–Trinajstić information content (AvgIpc) is 3.19. The Morgan fingerprint density at radius 3 is 2.96 bits per heavy atom. The number of ether oxygens (including phenoxy) is 2. The van der Waals surface area contributed by atoms with Gasteiger partial charge in [-0.3, -0.25) is 9.48 Å². The molecule has 1 N–H and O–H groups in total. The summed E-state index contributed by atoms with van der Waals surface area (Å²) in [6.45, 7) is 0.837. The van der Waals surface area contributed by atoms with Gasteiger partial charge in [0.2, 0.25) is 5.91 Å². The fourth-order valence-corrected chi connectivity index (χ4v) is 2.56. The Labute approximate surface area is 145 Å². The third-order valence-corrected chi connectivity index (χ3v) is 3.83. The second kappa shape index (κ2) is 7.94. The topological polar surface area (TPSA) is 65.4 Å². The fourth-order valence-electron chi connectivity index (χ4n) is 2.56. The Kier molecular flexibility index (Phi) is 5.45. The minimum atomic E-state index is -0.282. The van der Waals surface area contributed by atoms with E-state index in [9.17, 15) is 9.18 Å². The lowest BCUT2D eigenvalue weighted by atomic mass is 10.2. The van der Waals surface area contributed by atoms with Crippen LogP contribution in [0.25, 0.3) is 6.08 Å². The fraction of sp³-hybridized carbons (Fsp3) is 0.333. The highest BCUT2D eigenvalue weighted by molar-refractivity contribution is 5.78. The predicted molar refractivity (Wildman–Crippen MR) is 90.4 cm³/mol. The van der Waals surface area contributed by atoms with Gasteiger partial charge in [-0.2, -0.15) is 5.10 Å². The van der Waals surface area contributed by atoms with Crippen molar-refractivity contribution in [2.75, 3.05) is 13.2 Å². The molecule has 3 rings (SSSR count). The first-order valence-electron chi connectivity index (χ1n) is 8.04. The third-order valence-electron chi connectivity index (χ3n) is 3.83. The average molecular weight is 345 g/mol. The molecule has 1 aromatic heterocycles. The predicted octanol–water partition coefficient (Wildman–Crippen LogP) is 1.93. The number of halogens is 1. The van der Waals surface area contributed by atoms with E-state index >= 15 is 0 Å². The number of aromatic nitrogens is 2. The molecule has 2 aromatic rings. The van der Waals surface area contributed by atoms with Crippen LogP contribution in [-0.4, -0.2) is 41.0 Å². The van der Waals surface area contributed by atoms with Crippen LogP contribution in [0.5, 0.6) is 5.75 Å². The van der Waals surface area contributed by atoms with Crippen molar-refractivity contribution < 1.29 is 18.7 Å². The monoisotopic (exact) mass is 345 g/mol. The second-order valence-electron chi connectivity index (χ2n) is 5.88. The molecule has 7 heteroatoms. The van der Waals surface area contributed by atoms with Gasteiger partial charge in [0.25, 0.3) is 0 Å². The molecule has 0 radical (unpaired) electrons. The molecule has 1 saturated heterocycles. The first kappa shape index (κ1) is 17.2. The smallest absolute Gasteiger partial charge is 0.224 e. The van der Waals surface area contributed by atoms with Crippen molar-refractivity contribution in [3.8, 4) is 5.75 Å². The highest BCUT2D eigenvalue weighted by Gasteiger charge is 2.31. The van der Waals surface area contributed by atoms with Crippen molar-refractivity contribution >= 4 is 12.0 Å². The molecule has 0 aliphatic carbocycles. The molecule has 1 aliphatic heterocycles. The zero-order valence-electron chi connectivity index (χ0n) is 13.9. The van der Waals surface area contributed by atoms with Gasteiger partial charge >= 0.3 is 0 Å². The molecule has 25 heavy (non-hydrogen) atoms. The Balaban J connectivity index is 1.48. The number of hydrogen-bond donors (Lipinski definition) is 1. The number of carbonyl (C=O) groups excluding carboxylic acids is 1.